The van der Waals surface area contributed by atoms with Gasteiger partial charge in [-0.15, -0.1) is 0 Å². The zero-order valence-corrected chi connectivity index (χ0v) is 9.89. The third kappa shape index (κ3) is 2.65. The smallest absolute Gasteiger partial charge is 0.127 e. The summed E-state index contributed by atoms with van der Waals surface area (Å²) in [6, 6.07) is 5.07. The lowest BCUT2D eigenvalue weighted by atomic mass is 9.92. The van der Waals surface area contributed by atoms with E-state index in [2.05, 4.69) is 19.2 Å². The third-order valence-corrected chi connectivity index (χ3v) is 3.26. The lowest BCUT2D eigenvalue weighted by molar-refractivity contribution is 0.378. The van der Waals surface area contributed by atoms with Crippen LogP contribution in [0.3, 0.4) is 0 Å². The normalized spacial score (nSPS) is 23.3. The van der Waals surface area contributed by atoms with E-state index >= 15 is 0 Å². The zero-order valence-electron chi connectivity index (χ0n) is 9.89. The Morgan fingerprint density at radius 2 is 2.12 bits per heavy atom. The highest BCUT2D eigenvalue weighted by Crippen LogP contribution is 2.38. The number of benzene rings is 1. The molecule has 1 fully saturated rings. The largest absolute Gasteiger partial charge is 0.399 e. The molecule has 2 nitrogen and oxygen atoms in total. The molecule has 88 valence electrons. The first-order chi connectivity index (χ1) is 7.44. The fourth-order valence-electron chi connectivity index (χ4n) is 2.49. The minimum Gasteiger partial charge on any atom is -0.399 e. The molecule has 1 aliphatic carbocycles. The van der Waals surface area contributed by atoms with Gasteiger partial charge in [0.2, 0.25) is 0 Å². The molecular weight excluding hydrogens is 203 g/mol. The molecule has 0 amide bonds. The van der Waals surface area contributed by atoms with Crippen LogP contribution in [0.15, 0.2) is 18.2 Å². The predicted octanol–water partition coefficient (Wildman–Crippen LogP) is 3.40. The molecule has 3 N–H and O–H groups in total. The molecule has 0 aromatic heterocycles. The second-order valence-electron chi connectivity index (χ2n) is 5.52. The van der Waals surface area contributed by atoms with Crippen molar-refractivity contribution in [3.05, 3.63) is 24.0 Å². The van der Waals surface area contributed by atoms with Crippen LogP contribution in [0.25, 0.3) is 0 Å². The summed E-state index contributed by atoms with van der Waals surface area (Å²) >= 11 is 0. The van der Waals surface area contributed by atoms with E-state index in [-0.39, 0.29) is 5.82 Å². The van der Waals surface area contributed by atoms with E-state index in [9.17, 15) is 4.39 Å². The number of nitrogens with one attached hydrogen (secondary N) is 1. The summed E-state index contributed by atoms with van der Waals surface area (Å²) in [7, 11) is 0. The number of anilines is 2. The number of halogens is 1. The second kappa shape index (κ2) is 3.96. The maximum atomic E-state index is 13.1. The van der Waals surface area contributed by atoms with Gasteiger partial charge < -0.3 is 11.1 Å². The van der Waals surface area contributed by atoms with E-state index < -0.39 is 0 Å². The van der Waals surface area contributed by atoms with E-state index in [1.54, 1.807) is 6.07 Å². The number of rotatable bonds is 2. The van der Waals surface area contributed by atoms with Crippen molar-refractivity contribution < 1.29 is 4.39 Å². The standard InChI is InChI=1S/C13H19FN2/c1-13(2)4-3-11(8-13)16-12-6-9(14)5-10(15)7-12/h5-7,11,16H,3-4,8,15H2,1-2H3. The van der Waals surface area contributed by atoms with Gasteiger partial charge in [0.05, 0.1) is 0 Å². The van der Waals surface area contributed by atoms with Crippen LogP contribution in [-0.2, 0) is 0 Å². The zero-order chi connectivity index (χ0) is 11.8. The molecule has 1 saturated carbocycles. The van der Waals surface area contributed by atoms with E-state index in [4.69, 9.17) is 5.73 Å². The van der Waals surface area contributed by atoms with Crippen LogP contribution in [0.1, 0.15) is 33.1 Å². The summed E-state index contributed by atoms with van der Waals surface area (Å²) in [5.74, 6) is -0.278. The van der Waals surface area contributed by atoms with E-state index in [1.165, 1.54) is 18.6 Å². The molecular formula is C13H19FN2. The first kappa shape index (κ1) is 11.2. The van der Waals surface area contributed by atoms with Gasteiger partial charge in [0.1, 0.15) is 5.82 Å². The van der Waals surface area contributed by atoms with Crippen molar-refractivity contribution >= 4 is 11.4 Å². The monoisotopic (exact) mass is 222 g/mol. The Labute approximate surface area is 96.0 Å². The molecule has 3 heteroatoms. The highest BCUT2D eigenvalue weighted by atomic mass is 19.1. The quantitative estimate of drug-likeness (QED) is 0.753. The van der Waals surface area contributed by atoms with Gasteiger partial charge >= 0.3 is 0 Å². The molecule has 1 aromatic rings. The number of hydrogen-bond donors (Lipinski definition) is 2. The first-order valence-electron chi connectivity index (χ1n) is 5.77. The van der Waals surface area contributed by atoms with Crippen molar-refractivity contribution in [2.24, 2.45) is 5.41 Å². The maximum absolute atomic E-state index is 13.1. The van der Waals surface area contributed by atoms with Crippen LogP contribution >= 0.6 is 0 Å². The molecule has 0 aliphatic heterocycles. The maximum Gasteiger partial charge on any atom is 0.127 e. The minimum atomic E-state index is -0.278. The summed E-state index contributed by atoms with van der Waals surface area (Å²) in [6.07, 6.45) is 3.49. The van der Waals surface area contributed by atoms with Gasteiger partial charge in [-0.25, -0.2) is 4.39 Å². The fourth-order valence-corrected chi connectivity index (χ4v) is 2.49. The Morgan fingerprint density at radius 3 is 2.69 bits per heavy atom. The molecule has 2 rings (SSSR count). The van der Waals surface area contributed by atoms with Gasteiger partial charge in [-0.2, -0.15) is 0 Å². The van der Waals surface area contributed by atoms with E-state index in [0.717, 1.165) is 18.5 Å². The average molecular weight is 222 g/mol. The number of nitrogen functional groups attached to an aromatic ring is 1. The van der Waals surface area contributed by atoms with Gasteiger partial charge in [-0.3, -0.25) is 0 Å². The Hall–Kier alpha value is -1.25. The third-order valence-electron chi connectivity index (χ3n) is 3.26. The van der Waals surface area contributed by atoms with E-state index in [0.29, 0.717) is 17.1 Å². The highest BCUT2D eigenvalue weighted by Gasteiger charge is 2.30. The van der Waals surface area contributed by atoms with Crippen LogP contribution < -0.4 is 11.1 Å². The average Bonchev–Trinajstić information content (AvgIpc) is 2.43. The van der Waals surface area contributed by atoms with Crippen molar-refractivity contribution in [1.29, 1.82) is 0 Å². The van der Waals surface area contributed by atoms with Gasteiger partial charge in [0.15, 0.2) is 0 Å². The van der Waals surface area contributed by atoms with Crippen LogP contribution in [0.4, 0.5) is 15.8 Å². The molecule has 1 atom stereocenters. The Balaban J connectivity index is 2.05. The fraction of sp³-hybridized carbons (Fsp3) is 0.538. The van der Waals surface area contributed by atoms with Crippen LogP contribution in [0.5, 0.6) is 0 Å². The Bertz CT molecular complexity index is 367. The van der Waals surface area contributed by atoms with Crippen molar-refractivity contribution in [2.45, 2.75) is 39.2 Å². The Morgan fingerprint density at radius 1 is 1.38 bits per heavy atom. The molecule has 0 saturated heterocycles. The predicted molar refractivity (Wildman–Crippen MR) is 65.9 cm³/mol. The molecule has 0 radical (unpaired) electrons. The lowest BCUT2D eigenvalue weighted by Gasteiger charge is -2.18. The molecule has 16 heavy (non-hydrogen) atoms. The summed E-state index contributed by atoms with van der Waals surface area (Å²) in [5.41, 5.74) is 7.27. The van der Waals surface area contributed by atoms with Crippen molar-refractivity contribution in [2.75, 3.05) is 11.1 Å². The second-order valence-corrected chi connectivity index (χ2v) is 5.52. The molecule has 1 aliphatic rings. The summed E-state index contributed by atoms with van der Waals surface area (Å²) in [5, 5.41) is 3.36. The number of hydrogen-bond acceptors (Lipinski definition) is 2. The van der Waals surface area contributed by atoms with Gasteiger partial charge in [-0.05, 0) is 42.9 Å². The molecule has 0 bridgehead atoms. The van der Waals surface area contributed by atoms with Crippen molar-refractivity contribution in [3.63, 3.8) is 0 Å². The van der Waals surface area contributed by atoms with Gasteiger partial charge in [0, 0.05) is 17.4 Å². The Kier molecular flexibility index (Phi) is 2.78. The summed E-state index contributed by atoms with van der Waals surface area (Å²) in [6.45, 7) is 4.54. The van der Waals surface area contributed by atoms with Gasteiger partial charge in [0.25, 0.3) is 0 Å². The highest BCUT2D eigenvalue weighted by molar-refractivity contribution is 5.55. The molecule has 1 aromatic carbocycles. The summed E-state index contributed by atoms with van der Waals surface area (Å²) in [4.78, 5) is 0. The van der Waals surface area contributed by atoms with Gasteiger partial charge in [-0.1, -0.05) is 13.8 Å². The van der Waals surface area contributed by atoms with Crippen LogP contribution in [0.2, 0.25) is 0 Å². The molecule has 1 unspecified atom stereocenters. The number of nitrogens with two attached hydrogens (primary N) is 1. The first-order valence-corrected chi connectivity index (χ1v) is 5.77. The summed E-state index contributed by atoms with van der Waals surface area (Å²) < 4.78 is 13.1. The van der Waals surface area contributed by atoms with Crippen molar-refractivity contribution in [1.82, 2.24) is 0 Å². The molecule has 0 spiro atoms. The minimum absolute atomic E-state index is 0.278. The van der Waals surface area contributed by atoms with Crippen molar-refractivity contribution in [3.8, 4) is 0 Å². The molecule has 0 heterocycles. The lowest BCUT2D eigenvalue weighted by Crippen LogP contribution is -2.17. The topological polar surface area (TPSA) is 38.0 Å². The van der Waals surface area contributed by atoms with E-state index in [1.807, 2.05) is 0 Å². The SMILES string of the molecule is CC1(C)CCC(Nc2cc(N)cc(F)c2)C1. The van der Waals surface area contributed by atoms with Crippen LogP contribution in [-0.4, -0.2) is 6.04 Å². The van der Waals surface area contributed by atoms with Crippen LogP contribution in [0, 0.1) is 11.2 Å².